The summed E-state index contributed by atoms with van der Waals surface area (Å²) in [7, 11) is 3.09. The Morgan fingerprint density at radius 2 is 2.03 bits per heavy atom. The Kier molecular flexibility index (Phi) is 10.2. The van der Waals surface area contributed by atoms with E-state index < -0.39 is 11.7 Å². The van der Waals surface area contributed by atoms with Crippen LogP contribution in [0, 0.1) is 5.82 Å². The number of benzene rings is 2. The number of hydrogen-bond donors (Lipinski definition) is 3. The Labute approximate surface area is 186 Å². The van der Waals surface area contributed by atoms with Crippen LogP contribution >= 0.6 is 24.0 Å². The Bertz CT molecular complexity index is 848. The summed E-state index contributed by atoms with van der Waals surface area (Å²) in [5.74, 6) is 0.383. The van der Waals surface area contributed by atoms with Crippen LogP contribution in [-0.4, -0.2) is 32.6 Å². The van der Waals surface area contributed by atoms with Crippen LogP contribution in [0.4, 0.5) is 4.39 Å². The monoisotopic (exact) mass is 516 g/mol. The first-order chi connectivity index (χ1) is 13.4. The second-order valence-electron chi connectivity index (χ2n) is 6.09. The summed E-state index contributed by atoms with van der Waals surface area (Å²) in [4.78, 5) is 15.0. The minimum Gasteiger partial charge on any atom is -0.494 e. The predicted octanol–water partition coefficient (Wildman–Crippen LogP) is 2.74. The predicted molar refractivity (Wildman–Crippen MR) is 121 cm³/mol. The van der Waals surface area contributed by atoms with Crippen LogP contribution in [0.2, 0.25) is 0 Å². The van der Waals surface area contributed by atoms with E-state index in [1.165, 1.54) is 13.2 Å². The second-order valence-corrected chi connectivity index (χ2v) is 6.09. The molecule has 0 saturated carbocycles. The Morgan fingerprint density at radius 3 is 2.66 bits per heavy atom. The van der Waals surface area contributed by atoms with Gasteiger partial charge in [-0.1, -0.05) is 18.2 Å². The van der Waals surface area contributed by atoms with Gasteiger partial charge in [0, 0.05) is 13.6 Å². The Balaban J connectivity index is 0.00000420. The van der Waals surface area contributed by atoms with Crippen molar-refractivity contribution in [3.63, 3.8) is 0 Å². The highest BCUT2D eigenvalue weighted by Gasteiger charge is 2.11. The Morgan fingerprint density at radius 1 is 1.28 bits per heavy atom. The summed E-state index contributed by atoms with van der Waals surface area (Å²) >= 11 is 0. The van der Waals surface area contributed by atoms with Crippen molar-refractivity contribution in [3.05, 3.63) is 59.4 Å². The minimum absolute atomic E-state index is 0. The maximum Gasteiger partial charge on any atom is 0.255 e. The van der Waals surface area contributed by atoms with Gasteiger partial charge in [0.15, 0.2) is 24.1 Å². The first-order valence-electron chi connectivity index (χ1n) is 8.73. The van der Waals surface area contributed by atoms with Crippen molar-refractivity contribution < 1.29 is 18.7 Å². The lowest BCUT2D eigenvalue weighted by atomic mass is 10.1. The molecule has 9 heteroatoms. The van der Waals surface area contributed by atoms with Crippen molar-refractivity contribution >= 4 is 35.8 Å². The molecule has 1 atom stereocenters. The molecule has 0 aliphatic heterocycles. The number of aliphatic imine (C=N–C) groups is 1. The molecule has 0 radical (unpaired) electrons. The van der Waals surface area contributed by atoms with E-state index in [9.17, 15) is 9.18 Å². The highest BCUT2D eigenvalue weighted by atomic mass is 127. The molecule has 1 amide bonds. The number of methoxy groups -OCH3 is 1. The van der Waals surface area contributed by atoms with E-state index in [0.717, 1.165) is 11.1 Å². The SMILES string of the molecule is CN=C(NCc1cccc(OCC(N)=O)c1)NC(C)c1ccc(OC)c(F)c1.I. The quantitative estimate of drug-likeness (QED) is 0.285. The third-order valence-electron chi connectivity index (χ3n) is 3.99. The number of hydrogen-bond acceptors (Lipinski definition) is 4. The topological polar surface area (TPSA) is 98.0 Å². The van der Waals surface area contributed by atoms with Crippen LogP contribution in [0.5, 0.6) is 11.5 Å². The van der Waals surface area contributed by atoms with Crippen molar-refractivity contribution in [2.45, 2.75) is 19.5 Å². The average Bonchev–Trinajstić information content (AvgIpc) is 2.69. The van der Waals surface area contributed by atoms with Gasteiger partial charge in [-0.3, -0.25) is 9.79 Å². The fraction of sp³-hybridized carbons (Fsp3) is 0.300. The van der Waals surface area contributed by atoms with E-state index >= 15 is 0 Å². The molecule has 7 nitrogen and oxygen atoms in total. The molecule has 0 aromatic heterocycles. The van der Waals surface area contributed by atoms with Crippen molar-refractivity contribution in [3.8, 4) is 11.5 Å². The zero-order valence-electron chi connectivity index (χ0n) is 16.6. The number of rotatable bonds is 8. The summed E-state index contributed by atoms with van der Waals surface area (Å²) in [6, 6.07) is 12.0. The number of nitrogens with one attached hydrogen (secondary N) is 2. The molecule has 0 aliphatic carbocycles. The number of ether oxygens (including phenoxy) is 2. The lowest BCUT2D eigenvalue weighted by Crippen LogP contribution is -2.38. The lowest BCUT2D eigenvalue weighted by molar-refractivity contribution is -0.119. The first kappa shape index (κ1) is 24.5. The molecule has 0 bridgehead atoms. The summed E-state index contributed by atoms with van der Waals surface area (Å²) in [6.07, 6.45) is 0. The van der Waals surface area contributed by atoms with Crippen molar-refractivity contribution in [2.24, 2.45) is 10.7 Å². The molecule has 0 spiro atoms. The molecule has 0 aliphatic rings. The van der Waals surface area contributed by atoms with Gasteiger partial charge in [0.1, 0.15) is 5.75 Å². The van der Waals surface area contributed by atoms with E-state index in [4.69, 9.17) is 15.2 Å². The lowest BCUT2D eigenvalue weighted by Gasteiger charge is -2.19. The summed E-state index contributed by atoms with van der Waals surface area (Å²) < 4.78 is 24.2. The van der Waals surface area contributed by atoms with Gasteiger partial charge in [0.05, 0.1) is 13.2 Å². The van der Waals surface area contributed by atoms with Gasteiger partial charge >= 0.3 is 0 Å². The molecule has 0 fully saturated rings. The molecule has 2 aromatic carbocycles. The second kappa shape index (κ2) is 12.1. The van der Waals surface area contributed by atoms with Gasteiger partial charge in [-0.2, -0.15) is 0 Å². The van der Waals surface area contributed by atoms with Crippen LogP contribution in [0.15, 0.2) is 47.5 Å². The minimum atomic E-state index is -0.530. The number of guanidine groups is 1. The summed E-state index contributed by atoms with van der Waals surface area (Å²) in [5.41, 5.74) is 6.79. The van der Waals surface area contributed by atoms with Gasteiger partial charge in [-0.05, 0) is 42.3 Å². The van der Waals surface area contributed by atoms with Crippen molar-refractivity contribution in [1.29, 1.82) is 0 Å². The molecule has 29 heavy (non-hydrogen) atoms. The van der Waals surface area contributed by atoms with E-state index in [1.807, 2.05) is 25.1 Å². The highest BCUT2D eigenvalue weighted by molar-refractivity contribution is 14.0. The van der Waals surface area contributed by atoms with Crippen LogP contribution in [0.25, 0.3) is 0 Å². The van der Waals surface area contributed by atoms with E-state index in [-0.39, 0.29) is 42.4 Å². The molecule has 158 valence electrons. The number of primary amides is 1. The van der Waals surface area contributed by atoms with Gasteiger partial charge in [0.25, 0.3) is 5.91 Å². The molecule has 0 saturated heterocycles. The summed E-state index contributed by atoms with van der Waals surface area (Å²) in [6.45, 7) is 2.22. The number of carbonyl (C=O) groups excluding carboxylic acids is 1. The normalized spacial score (nSPS) is 11.8. The zero-order chi connectivity index (χ0) is 20.5. The third kappa shape index (κ3) is 7.76. The smallest absolute Gasteiger partial charge is 0.255 e. The number of nitrogens with two attached hydrogens (primary N) is 1. The molecule has 2 aromatic rings. The molecular formula is C20H26FIN4O3. The number of carbonyl (C=O) groups is 1. The molecule has 0 heterocycles. The fourth-order valence-electron chi connectivity index (χ4n) is 2.52. The maximum atomic E-state index is 13.9. The third-order valence-corrected chi connectivity index (χ3v) is 3.99. The van der Waals surface area contributed by atoms with Crippen molar-refractivity contribution in [2.75, 3.05) is 20.8 Å². The number of halogens is 2. The Hall–Kier alpha value is -2.56. The first-order valence-corrected chi connectivity index (χ1v) is 8.73. The van der Waals surface area contributed by atoms with Crippen molar-refractivity contribution in [1.82, 2.24) is 10.6 Å². The standard InChI is InChI=1S/C20H25FN4O3.HI/c1-13(15-7-8-18(27-3)17(21)10-15)25-20(23-2)24-11-14-5-4-6-16(9-14)28-12-19(22)26;/h4-10,13H,11-12H2,1-3H3,(H2,22,26)(H2,23,24,25);1H. The molecule has 4 N–H and O–H groups in total. The zero-order valence-corrected chi connectivity index (χ0v) is 18.9. The van der Waals surface area contributed by atoms with Crippen LogP contribution in [-0.2, 0) is 11.3 Å². The van der Waals surface area contributed by atoms with Crippen LogP contribution in [0.1, 0.15) is 24.1 Å². The fourth-order valence-corrected chi connectivity index (χ4v) is 2.52. The average molecular weight is 516 g/mol. The number of amides is 1. The summed E-state index contributed by atoms with van der Waals surface area (Å²) in [5, 5.41) is 6.40. The van der Waals surface area contributed by atoms with E-state index in [2.05, 4.69) is 15.6 Å². The van der Waals surface area contributed by atoms with Crippen LogP contribution in [0.3, 0.4) is 0 Å². The van der Waals surface area contributed by atoms with Gasteiger partial charge < -0.3 is 25.8 Å². The molecular weight excluding hydrogens is 490 g/mol. The number of nitrogens with zero attached hydrogens (tertiary/aromatic N) is 1. The van der Waals surface area contributed by atoms with E-state index in [1.54, 1.807) is 25.2 Å². The van der Waals surface area contributed by atoms with Gasteiger partial charge in [-0.25, -0.2) is 4.39 Å². The van der Waals surface area contributed by atoms with Gasteiger partial charge in [0.2, 0.25) is 0 Å². The molecule has 1 unspecified atom stereocenters. The highest BCUT2D eigenvalue weighted by Crippen LogP contribution is 2.21. The van der Waals surface area contributed by atoms with E-state index in [0.29, 0.717) is 18.3 Å². The maximum absolute atomic E-state index is 13.9. The van der Waals surface area contributed by atoms with Crippen LogP contribution < -0.4 is 25.8 Å². The molecule has 2 rings (SSSR count). The van der Waals surface area contributed by atoms with Gasteiger partial charge in [-0.15, -0.1) is 24.0 Å². The largest absolute Gasteiger partial charge is 0.494 e.